The Hall–Kier alpha value is -3.08. The standard InChI is InChI=1S/C20H18N4O/c1-24-18-5-4-14(25-12-20-22-7-8-23-20)10-16(18)15-9-13-3-2-6-21-17(13)11-19(15)24/h2-6,9-11H,7-8,12H2,1H3,(H,22,23). The SMILES string of the molecule is Cn1c2ccc(OCC3=NCCN3)cc2c2cc3cccnc3cc21. The van der Waals surface area contributed by atoms with E-state index in [0.717, 1.165) is 35.6 Å². The van der Waals surface area contributed by atoms with Crippen LogP contribution in [0.15, 0.2) is 53.7 Å². The lowest BCUT2D eigenvalue weighted by atomic mass is 10.1. The number of pyridine rings is 1. The fraction of sp³-hybridized carbons (Fsp3) is 0.200. The Labute approximate surface area is 144 Å². The van der Waals surface area contributed by atoms with Crippen molar-refractivity contribution in [3.63, 3.8) is 0 Å². The normalized spacial score (nSPS) is 14.2. The number of aliphatic imine (C=N–C) groups is 1. The van der Waals surface area contributed by atoms with E-state index in [1.807, 2.05) is 18.3 Å². The number of amidine groups is 1. The molecule has 124 valence electrons. The molecule has 0 amide bonds. The summed E-state index contributed by atoms with van der Waals surface area (Å²) in [6, 6.07) is 14.7. The molecule has 5 rings (SSSR count). The van der Waals surface area contributed by atoms with E-state index in [2.05, 4.69) is 57.2 Å². The van der Waals surface area contributed by atoms with Crippen molar-refractivity contribution in [3.05, 3.63) is 48.7 Å². The molecule has 0 saturated carbocycles. The van der Waals surface area contributed by atoms with Crippen molar-refractivity contribution >= 4 is 38.5 Å². The lowest BCUT2D eigenvalue weighted by molar-refractivity contribution is 0.374. The highest BCUT2D eigenvalue weighted by molar-refractivity contribution is 6.12. The average molecular weight is 330 g/mol. The second kappa shape index (κ2) is 5.48. The molecule has 1 aliphatic rings. The van der Waals surface area contributed by atoms with Gasteiger partial charge in [-0.2, -0.15) is 0 Å². The second-order valence-corrected chi connectivity index (χ2v) is 6.35. The maximum atomic E-state index is 5.93. The molecule has 3 heterocycles. The predicted octanol–water partition coefficient (Wildman–Crippen LogP) is 3.26. The highest BCUT2D eigenvalue weighted by Crippen LogP contribution is 2.33. The van der Waals surface area contributed by atoms with Crippen molar-refractivity contribution in [2.45, 2.75) is 0 Å². The molecule has 0 radical (unpaired) electrons. The van der Waals surface area contributed by atoms with Crippen LogP contribution < -0.4 is 10.1 Å². The van der Waals surface area contributed by atoms with Crippen LogP contribution in [0.2, 0.25) is 0 Å². The second-order valence-electron chi connectivity index (χ2n) is 6.35. The first-order chi connectivity index (χ1) is 12.3. The average Bonchev–Trinajstić information content (AvgIpc) is 3.26. The van der Waals surface area contributed by atoms with Gasteiger partial charge in [0.05, 0.1) is 17.6 Å². The molecule has 2 aromatic carbocycles. The molecule has 5 nitrogen and oxygen atoms in total. The molecule has 0 bridgehead atoms. The Morgan fingerprint density at radius 2 is 2.04 bits per heavy atom. The minimum absolute atomic E-state index is 0.489. The van der Waals surface area contributed by atoms with Gasteiger partial charge in [0.25, 0.3) is 0 Å². The van der Waals surface area contributed by atoms with E-state index < -0.39 is 0 Å². The summed E-state index contributed by atoms with van der Waals surface area (Å²) in [5.74, 6) is 1.79. The van der Waals surface area contributed by atoms with Crippen molar-refractivity contribution in [2.24, 2.45) is 12.0 Å². The minimum atomic E-state index is 0.489. The number of hydrogen-bond donors (Lipinski definition) is 1. The van der Waals surface area contributed by atoms with E-state index in [1.165, 1.54) is 21.8 Å². The number of benzene rings is 2. The molecule has 1 N–H and O–H groups in total. The number of fused-ring (bicyclic) bond motifs is 4. The fourth-order valence-corrected chi connectivity index (χ4v) is 3.54. The van der Waals surface area contributed by atoms with E-state index in [9.17, 15) is 0 Å². The summed E-state index contributed by atoms with van der Waals surface area (Å²) >= 11 is 0. The van der Waals surface area contributed by atoms with Gasteiger partial charge in [0.15, 0.2) is 0 Å². The third-order valence-electron chi connectivity index (χ3n) is 4.82. The number of aryl methyl sites for hydroxylation is 1. The van der Waals surface area contributed by atoms with E-state index in [4.69, 9.17) is 4.74 Å². The zero-order valence-corrected chi connectivity index (χ0v) is 14.0. The van der Waals surface area contributed by atoms with Crippen LogP contribution in [-0.4, -0.2) is 35.1 Å². The van der Waals surface area contributed by atoms with Gasteiger partial charge in [0, 0.05) is 41.5 Å². The molecule has 0 unspecified atom stereocenters. The van der Waals surface area contributed by atoms with E-state index in [1.54, 1.807) is 0 Å². The molecule has 0 saturated heterocycles. The van der Waals surface area contributed by atoms with Crippen LogP contribution in [0.4, 0.5) is 0 Å². The van der Waals surface area contributed by atoms with Crippen LogP contribution in [0.3, 0.4) is 0 Å². The third-order valence-corrected chi connectivity index (χ3v) is 4.82. The molecule has 0 spiro atoms. The number of hydrogen-bond acceptors (Lipinski definition) is 4. The number of nitrogens with zero attached hydrogens (tertiary/aromatic N) is 3. The van der Waals surface area contributed by atoms with Crippen molar-refractivity contribution in [1.82, 2.24) is 14.9 Å². The zero-order valence-electron chi connectivity index (χ0n) is 14.0. The fourth-order valence-electron chi connectivity index (χ4n) is 3.54. The summed E-state index contributed by atoms with van der Waals surface area (Å²) in [4.78, 5) is 8.85. The van der Waals surface area contributed by atoms with Gasteiger partial charge in [-0.05, 0) is 36.4 Å². The number of rotatable bonds is 3. The Balaban J connectivity index is 1.63. The third kappa shape index (κ3) is 2.31. The lowest BCUT2D eigenvalue weighted by Gasteiger charge is -2.07. The summed E-state index contributed by atoms with van der Waals surface area (Å²) < 4.78 is 8.14. The molecular formula is C20H18N4O. The molecule has 1 aliphatic heterocycles. The summed E-state index contributed by atoms with van der Waals surface area (Å²) in [5, 5.41) is 6.80. The van der Waals surface area contributed by atoms with Gasteiger partial charge in [0.2, 0.25) is 0 Å². The molecule has 5 heteroatoms. The van der Waals surface area contributed by atoms with Gasteiger partial charge in [-0.15, -0.1) is 0 Å². The summed E-state index contributed by atoms with van der Waals surface area (Å²) in [5.41, 5.74) is 3.39. The molecule has 0 fully saturated rings. The van der Waals surface area contributed by atoms with Gasteiger partial charge in [-0.25, -0.2) is 0 Å². The molecule has 2 aromatic heterocycles. The first-order valence-corrected chi connectivity index (χ1v) is 8.46. The highest BCUT2D eigenvalue weighted by Gasteiger charge is 2.12. The topological polar surface area (TPSA) is 51.4 Å². The zero-order chi connectivity index (χ0) is 16.8. The summed E-state index contributed by atoms with van der Waals surface area (Å²) in [6.45, 7) is 2.23. The highest BCUT2D eigenvalue weighted by atomic mass is 16.5. The molecule has 25 heavy (non-hydrogen) atoms. The molecular weight excluding hydrogens is 312 g/mol. The van der Waals surface area contributed by atoms with E-state index in [0.29, 0.717) is 6.61 Å². The summed E-state index contributed by atoms with van der Waals surface area (Å²) in [6.07, 6.45) is 1.84. The maximum absolute atomic E-state index is 5.93. The number of nitrogens with one attached hydrogen (secondary N) is 1. The first kappa shape index (κ1) is 14.3. The van der Waals surface area contributed by atoms with Crippen LogP contribution in [0, 0.1) is 0 Å². The van der Waals surface area contributed by atoms with Crippen LogP contribution >= 0.6 is 0 Å². The van der Waals surface area contributed by atoms with Gasteiger partial charge in [-0.1, -0.05) is 6.07 Å². The van der Waals surface area contributed by atoms with Gasteiger partial charge >= 0.3 is 0 Å². The number of ether oxygens (including phenoxy) is 1. The minimum Gasteiger partial charge on any atom is -0.486 e. The van der Waals surface area contributed by atoms with Crippen LogP contribution in [0.25, 0.3) is 32.7 Å². The quantitative estimate of drug-likeness (QED) is 0.627. The van der Waals surface area contributed by atoms with E-state index >= 15 is 0 Å². The van der Waals surface area contributed by atoms with Crippen molar-refractivity contribution in [3.8, 4) is 5.75 Å². The first-order valence-electron chi connectivity index (χ1n) is 8.46. The predicted molar refractivity (Wildman–Crippen MR) is 102 cm³/mol. The monoisotopic (exact) mass is 330 g/mol. The maximum Gasteiger partial charge on any atom is 0.145 e. The van der Waals surface area contributed by atoms with Crippen LogP contribution in [0.1, 0.15) is 0 Å². The Morgan fingerprint density at radius 3 is 2.92 bits per heavy atom. The van der Waals surface area contributed by atoms with Gasteiger partial charge in [-0.3, -0.25) is 9.98 Å². The Kier molecular flexibility index (Phi) is 3.13. The molecule has 4 aromatic rings. The lowest BCUT2D eigenvalue weighted by Crippen LogP contribution is -2.24. The number of aromatic nitrogens is 2. The van der Waals surface area contributed by atoms with Gasteiger partial charge < -0.3 is 14.6 Å². The largest absolute Gasteiger partial charge is 0.486 e. The van der Waals surface area contributed by atoms with E-state index in [-0.39, 0.29) is 0 Å². The smallest absolute Gasteiger partial charge is 0.145 e. The molecule has 0 aliphatic carbocycles. The van der Waals surface area contributed by atoms with Crippen molar-refractivity contribution in [2.75, 3.05) is 19.7 Å². The summed E-state index contributed by atoms with van der Waals surface area (Å²) in [7, 11) is 2.09. The van der Waals surface area contributed by atoms with Crippen molar-refractivity contribution in [1.29, 1.82) is 0 Å². The van der Waals surface area contributed by atoms with Crippen molar-refractivity contribution < 1.29 is 4.74 Å². The van der Waals surface area contributed by atoms with Crippen LogP contribution in [-0.2, 0) is 7.05 Å². The molecule has 0 atom stereocenters. The van der Waals surface area contributed by atoms with Crippen LogP contribution in [0.5, 0.6) is 5.75 Å². The Morgan fingerprint density at radius 1 is 1.12 bits per heavy atom. The Bertz CT molecular complexity index is 1140. The van der Waals surface area contributed by atoms with Gasteiger partial charge in [0.1, 0.15) is 18.2 Å².